The highest BCUT2D eigenvalue weighted by Crippen LogP contribution is 2.45. The summed E-state index contributed by atoms with van der Waals surface area (Å²) < 4.78 is 68.4. The van der Waals surface area contributed by atoms with Crippen molar-refractivity contribution in [1.29, 1.82) is 0 Å². The van der Waals surface area contributed by atoms with Crippen LogP contribution >= 0.6 is 15.6 Å². The molecule has 0 bridgehead atoms. The first-order chi connectivity index (χ1) is 45.1. The SMILES string of the molecule is CC(C)CCCCCCCCCCCCCCCCCCC(=O)O[C@H](COC(=O)CCCCCCCCCCCCCC(C)C)COP(=O)(O)OCC(O)COP(=O)(O)OC[C@@H](COC(=O)CCCCCCCCCC(C)C)OC(=O)CCCCCCCCCCC(C)C. The Bertz CT molecular complexity index is 1850. The molecule has 0 fully saturated rings. The summed E-state index contributed by atoms with van der Waals surface area (Å²) in [6, 6.07) is 0. The predicted octanol–water partition coefficient (Wildman–Crippen LogP) is 21.7. The standard InChI is InChI=1S/C75H146O17P2/c1-65(2)51-43-35-27-20-16-13-11-9-10-12-14-18-23-32-41-49-57-74(79)91-70(61-85-72(77)55-47-39-31-22-19-15-17-21-28-36-44-52-66(3)4)63-89-93(81,82)87-59-69(76)60-88-94(83,84)90-64-71(62-86-73(78)56-48-40-34-26-30-38-46-54-68(7)8)92-75(80)58-50-42-33-25-24-29-37-45-53-67(5)6/h65-71,76H,9-64H2,1-8H3,(H,81,82)(H,83,84)/t69?,70-,71-/m1/s1. The minimum atomic E-state index is -4.96. The molecule has 0 aromatic rings. The number of esters is 4. The Morgan fingerprint density at radius 1 is 0.266 bits per heavy atom. The van der Waals surface area contributed by atoms with Crippen LogP contribution in [0.4, 0.5) is 0 Å². The predicted molar refractivity (Wildman–Crippen MR) is 381 cm³/mol. The summed E-state index contributed by atoms with van der Waals surface area (Å²) in [6.07, 6.45) is 48.7. The Balaban J connectivity index is 5.23. The lowest BCUT2D eigenvalue weighted by Crippen LogP contribution is -2.30. The average Bonchev–Trinajstić information content (AvgIpc) is 1.64. The molecular formula is C75H146O17P2. The second kappa shape index (κ2) is 64.4. The van der Waals surface area contributed by atoms with Gasteiger partial charge in [0.1, 0.15) is 19.3 Å². The molecule has 0 spiro atoms. The number of phosphoric ester groups is 2. The summed E-state index contributed by atoms with van der Waals surface area (Å²) in [4.78, 5) is 72.7. The highest BCUT2D eigenvalue weighted by Gasteiger charge is 2.30. The van der Waals surface area contributed by atoms with Crippen LogP contribution < -0.4 is 0 Å². The van der Waals surface area contributed by atoms with Crippen LogP contribution in [0.25, 0.3) is 0 Å². The zero-order valence-electron chi connectivity index (χ0n) is 61.6. The lowest BCUT2D eigenvalue weighted by Gasteiger charge is -2.21. The van der Waals surface area contributed by atoms with E-state index < -0.39 is 97.5 Å². The van der Waals surface area contributed by atoms with Gasteiger partial charge in [0.15, 0.2) is 12.2 Å². The summed E-state index contributed by atoms with van der Waals surface area (Å²) in [7, 11) is -9.91. The molecule has 0 radical (unpaired) electrons. The Morgan fingerprint density at radius 3 is 0.660 bits per heavy atom. The van der Waals surface area contributed by atoms with Gasteiger partial charge in [0.05, 0.1) is 26.4 Å². The molecule has 0 amide bonds. The molecule has 0 aromatic carbocycles. The highest BCUT2D eigenvalue weighted by atomic mass is 31.2. The van der Waals surface area contributed by atoms with Gasteiger partial charge in [0.2, 0.25) is 0 Å². The van der Waals surface area contributed by atoms with Crippen LogP contribution in [-0.2, 0) is 65.4 Å². The van der Waals surface area contributed by atoms with Gasteiger partial charge in [-0.3, -0.25) is 37.3 Å². The van der Waals surface area contributed by atoms with E-state index in [-0.39, 0.29) is 25.7 Å². The molecule has 19 heteroatoms. The van der Waals surface area contributed by atoms with Crippen LogP contribution in [-0.4, -0.2) is 96.7 Å². The maximum atomic E-state index is 13.1. The van der Waals surface area contributed by atoms with Gasteiger partial charge in [0, 0.05) is 25.7 Å². The molecule has 0 aromatic heterocycles. The van der Waals surface area contributed by atoms with Gasteiger partial charge in [-0.25, -0.2) is 9.13 Å². The van der Waals surface area contributed by atoms with Gasteiger partial charge in [-0.05, 0) is 49.4 Å². The van der Waals surface area contributed by atoms with E-state index in [2.05, 4.69) is 55.4 Å². The van der Waals surface area contributed by atoms with E-state index >= 15 is 0 Å². The Kier molecular flexibility index (Phi) is 63.1. The van der Waals surface area contributed by atoms with Crippen LogP contribution in [0.3, 0.4) is 0 Å². The minimum Gasteiger partial charge on any atom is -0.462 e. The number of carbonyl (C=O) groups excluding carboxylic acids is 4. The van der Waals surface area contributed by atoms with E-state index in [1.54, 1.807) is 0 Å². The quantitative estimate of drug-likeness (QED) is 0.0222. The number of rotatable bonds is 72. The van der Waals surface area contributed by atoms with Crippen LogP contribution in [0.1, 0.15) is 376 Å². The van der Waals surface area contributed by atoms with Crippen molar-refractivity contribution in [3.05, 3.63) is 0 Å². The third-order valence-corrected chi connectivity index (χ3v) is 19.2. The van der Waals surface area contributed by atoms with Crippen molar-refractivity contribution in [2.24, 2.45) is 23.7 Å². The van der Waals surface area contributed by atoms with Gasteiger partial charge >= 0.3 is 39.5 Å². The molecule has 17 nitrogen and oxygen atoms in total. The number of phosphoric acid groups is 2. The number of unbranched alkanes of at least 4 members (excludes halogenated alkanes) is 38. The first-order valence-electron chi connectivity index (χ1n) is 38.7. The van der Waals surface area contributed by atoms with Crippen molar-refractivity contribution in [3.63, 3.8) is 0 Å². The Morgan fingerprint density at radius 2 is 0.447 bits per heavy atom. The Hall–Kier alpha value is -1.94. The largest absolute Gasteiger partial charge is 0.472 e. The number of aliphatic hydroxyl groups is 1. The Labute approximate surface area is 575 Å². The maximum absolute atomic E-state index is 13.1. The molecule has 0 saturated carbocycles. The molecule has 0 rings (SSSR count). The first-order valence-corrected chi connectivity index (χ1v) is 41.7. The molecule has 0 aliphatic heterocycles. The molecule has 0 heterocycles. The van der Waals surface area contributed by atoms with Crippen LogP contribution in [0, 0.1) is 23.7 Å². The van der Waals surface area contributed by atoms with Gasteiger partial charge in [-0.2, -0.15) is 0 Å². The van der Waals surface area contributed by atoms with E-state index in [4.69, 9.17) is 37.0 Å². The second-order valence-electron chi connectivity index (χ2n) is 28.9. The monoisotopic (exact) mass is 1380 g/mol. The molecule has 3 N–H and O–H groups in total. The lowest BCUT2D eigenvalue weighted by molar-refractivity contribution is -0.161. The molecule has 0 aliphatic carbocycles. The van der Waals surface area contributed by atoms with E-state index in [1.807, 2.05) is 0 Å². The number of ether oxygens (including phenoxy) is 4. The average molecular weight is 1380 g/mol. The fourth-order valence-corrected chi connectivity index (χ4v) is 13.0. The number of carbonyl (C=O) groups is 4. The molecule has 0 aliphatic rings. The van der Waals surface area contributed by atoms with Gasteiger partial charge < -0.3 is 33.8 Å². The molecular weight excluding hydrogens is 1230 g/mol. The highest BCUT2D eigenvalue weighted by molar-refractivity contribution is 7.47. The molecule has 3 unspecified atom stereocenters. The van der Waals surface area contributed by atoms with Crippen molar-refractivity contribution in [3.8, 4) is 0 Å². The zero-order valence-corrected chi connectivity index (χ0v) is 63.4. The van der Waals surface area contributed by atoms with E-state index in [0.29, 0.717) is 31.6 Å². The van der Waals surface area contributed by atoms with Crippen molar-refractivity contribution in [1.82, 2.24) is 0 Å². The maximum Gasteiger partial charge on any atom is 0.472 e. The van der Waals surface area contributed by atoms with Crippen molar-refractivity contribution < 1.29 is 80.2 Å². The molecule has 94 heavy (non-hydrogen) atoms. The first kappa shape index (κ1) is 92.1. The molecule has 0 saturated heterocycles. The fourth-order valence-electron chi connectivity index (χ4n) is 11.4. The lowest BCUT2D eigenvalue weighted by atomic mass is 10.0. The fraction of sp³-hybridized carbons (Fsp3) is 0.947. The smallest absolute Gasteiger partial charge is 0.462 e. The van der Waals surface area contributed by atoms with E-state index in [0.717, 1.165) is 114 Å². The summed E-state index contributed by atoms with van der Waals surface area (Å²) in [5.41, 5.74) is 0. The molecule has 5 atom stereocenters. The summed E-state index contributed by atoms with van der Waals surface area (Å²) in [5, 5.41) is 10.6. The van der Waals surface area contributed by atoms with Crippen molar-refractivity contribution >= 4 is 39.5 Å². The van der Waals surface area contributed by atoms with Crippen LogP contribution in [0.5, 0.6) is 0 Å². The van der Waals surface area contributed by atoms with Gasteiger partial charge in [-0.15, -0.1) is 0 Å². The van der Waals surface area contributed by atoms with Crippen molar-refractivity contribution in [2.45, 2.75) is 395 Å². The van der Waals surface area contributed by atoms with Gasteiger partial charge in [-0.1, -0.05) is 325 Å². The summed E-state index contributed by atoms with van der Waals surface area (Å²) in [5.74, 6) is 0.879. The molecule has 558 valence electrons. The minimum absolute atomic E-state index is 0.103. The van der Waals surface area contributed by atoms with E-state index in [9.17, 15) is 43.2 Å². The van der Waals surface area contributed by atoms with Crippen molar-refractivity contribution in [2.75, 3.05) is 39.6 Å². The van der Waals surface area contributed by atoms with Gasteiger partial charge in [0.25, 0.3) is 0 Å². The van der Waals surface area contributed by atoms with Crippen LogP contribution in [0.15, 0.2) is 0 Å². The third kappa shape index (κ3) is 68.6. The number of hydrogen-bond acceptors (Lipinski definition) is 15. The van der Waals surface area contributed by atoms with Crippen LogP contribution in [0.2, 0.25) is 0 Å². The number of hydrogen-bond donors (Lipinski definition) is 3. The number of aliphatic hydroxyl groups excluding tert-OH is 1. The zero-order chi connectivity index (χ0) is 69.6. The second-order valence-corrected chi connectivity index (χ2v) is 31.9. The summed E-state index contributed by atoms with van der Waals surface area (Å²) >= 11 is 0. The topological polar surface area (TPSA) is 237 Å². The summed E-state index contributed by atoms with van der Waals surface area (Å²) in [6.45, 7) is 14.1. The normalized spacial score (nSPS) is 14.2. The van der Waals surface area contributed by atoms with E-state index in [1.165, 1.54) is 173 Å². The third-order valence-electron chi connectivity index (χ3n) is 17.3.